The van der Waals surface area contributed by atoms with E-state index in [0.29, 0.717) is 28.5 Å². The summed E-state index contributed by atoms with van der Waals surface area (Å²) in [6, 6.07) is 9.61. The van der Waals surface area contributed by atoms with Gasteiger partial charge in [0.1, 0.15) is 0 Å². The van der Waals surface area contributed by atoms with E-state index in [9.17, 15) is 9.59 Å². The highest BCUT2D eigenvalue weighted by Crippen LogP contribution is 2.38. The van der Waals surface area contributed by atoms with Gasteiger partial charge in [0.05, 0.1) is 33.5 Å². The van der Waals surface area contributed by atoms with Crippen LogP contribution in [0.3, 0.4) is 0 Å². The van der Waals surface area contributed by atoms with Crippen molar-refractivity contribution >= 4 is 17.7 Å². The second-order valence-corrected chi connectivity index (χ2v) is 5.64. The molecule has 0 aliphatic heterocycles. The van der Waals surface area contributed by atoms with Gasteiger partial charge in [-0.25, -0.2) is 9.59 Å². The SMILES string of the molecule is CCOC(=O)c1cccc(NC(=O)NCc2cc(OC)c(OC)c(OC)c2)c1. The average Bonchev–Trinajstić information content (AvgIpc) is 2.71. The third kappa shape index (κ3) is 5.29. The molecule has 28 heavy (non-hydrogen) atoms. The largest absolute Gasteiger partial charge is 0.493 e. The lowest BCUT2D eigenvalue weighted by Crippen LogP contribution is -2.28. The van der Waals surface area contributed by atoms with Crippen LogP contribution in [0.25, 0.3) is 0 Å². The van der Waals surface area contributed by atoms with Crippen LogP contribution in [0.15, 0.2) is 36.4 Å². The Balaban J connectivity index is 2.03. The first-order valence-electron chi connectivity index (χ1n) is 8.63. The Kier molecular flexibility index (Phi) is 7.50. The minimum absolute atomic E-state index is 0.236. The van der Waals surface area contributed by atoms with Gasteiger partial charge in [-0.05, 0) is 42.8 Å². The van der Waals surface area contributed by atoms with Gasteiger partial charge in [-0.15, -0.1) is 0 Å². The lowest BCUT2D eigenvalue weighted by Gasteiger charge is -2.14. The standard InChI is InChI=1S/C20H24N2O6/c1-5-28-19(23)14-7-6-8-15(11-14)22-20(24)21-12-13-9-16(25-2)18(27-4)17(10-13)26-3/h6-11H,5,12H2,1-4H3,(H2,21,22,24). The Labute approximate surface area is 163 Å². The number of nitrogens with one attached hydrogen (secondary N) is 2. The van der Waals surface area contributed by atoms with Gasteiger partial charge in [0.25, 0.3) is 0 Å². The molecule has 2 aromatic carbocycles. The molecule has 0 unspecified atom stereocenters. The molecule has 2 aromatic rings. The number of esters is 1. The highest BCUT2D eigenvalue weighted by Gasteiger charge is 2.14. The molecule has 0 heterocycles. The molecule has 0 fully saturated rings. The molecule has 2 N–H and O–H groups in total. The number of urea groups is 1. The molecule has 0 saturated carbocycles. The monoisotopic (exact) mass is 388 g/mol. The van der Waals surface area contributed by atoms with E-state index in [-0.39, 0.29) is 13.2 Å². The van der Waals surface area contributed by atoms with E-state index < -0.39 is 12.0 Å². The molecule has 0 aliphatic rings. The van der Waals surface area contributed by atoms with Crippen molar-refractivity contribution in [3.8, 4) is 17.2 Å². The molecule has 150 valence electrons. The maximum Gasteiger partial charge on any atom is 0.338 e. The summed E-state index contributed by atoms with van der Waals surface area (Å²) in [5.74, 6) is 1.04. The summed E-state index contributed by atoms with van der Waals surface area (Å²) in [5, 5.41) is 5.43. The predicted molar refractivity (Wildman–Crippen MR) is 104 cm³/mol. The van der Waals surface area contributed by atoms with Crippen molar-refractivity contribution in [3.05, 3.63) is 47.5 Å². The summed E-state index contributed by atoms with van der Waals surface area (Å²) in [5.41, 5.74) is 1.61. The molecule has 0 radical (unpaired) electrons. The van der Waals surface area contributed by atoms with Gasteiger partial charge in [0, 0.05) is 12.2 Å². The first-order chi connectivity index (χ1) is 13.5. The van der Waals surface area contributed by atoms with Crippen LogP contribution in [0.2, 0.25) is 0 Å². The van der Waals surface area contributed by atoms with Crippen LogP contribution in [0.5, 0.6) is 17.2 Å². The topological polar surface area (TPSA) is 95.1 Å². The van der Waals surface area contributed by atoms with Crippen LogP contribution in [0, 0.1) is 0 Å². The Hall–Kier alpha value is -3.42. The van der Waals surface area contributed by atoms with Crippen molar-refractivity contribution in [3.63, 3.8) is 0 Å². The van der Waals surface area contributed by atoms with Crippen LogP contribution in [-0.4, -0.2) is 39.9 Å². The smallest absolute Gasteiger partial charge is 0.338 e. The maximum absolute atomic E-state index is 12.2. The predicted octanol–water partition coefficient (Wildman–Crippen LogP) is 3.21. The number of carbonyl (C=O) groups excluding carboxylic acids is 2. The van der Waals surface area contributed by atoms with Crippen molar-refractivity contribution < 1.29 is 28.5 Å². The summed E-state index contributed by atoms with van der Waals surface area (Å²) in [7, 11) is 4.58. The number of anilines is 1. The van der Waals surface area contributed by atoms with Crippen molar-refractivity contribution in [2.75, 3.05) is 33.3 Å². The minimum atomic E-state index is -0.441. The molecule has 8 nitrogen and oxygen atoms in total. The quantitative estimate of drug-likeness (QED) is 0.675. The highest BCUT2D eigenvalue weighted by atomic mass is 16.5. The first-order valence-corrected chi connectivity index (χ1v) is 8.63. The van der Waals surface area contributed by atoms with E-state index in [1.165, 1.54) is 21.3 Å². The molecule has 0 atom stereocenters. The molecule has 0 bridgehead atoms. The second-order valence-electron chi connectivity index (χ2n) is 5.64. The molecule has 8 heteroatoms. The summed E-state index contributed by atoms with van der Waals surface area (Å²) in [6.45, 7) is 2.25. The molecule has 2 amide bonds. The molecule has 0 saturated heterocycles. The van der Waals surface area contributed by atoms with Gasteiger partial charge in [-0.1, -0.05) is 6.07 Å². The Morgan fingerprint density at radius 3 is 2.21 bits per heavy atom. The minimum Gasteiger partial charge on any atom is -0.493 e. The lowest BCUT2D eigenvalue weighted by molar-refractivity contribution is 0.0526. The fraction of sp³-hybridized carbons (Fsp3) is 0.300. The molecule has 0 aromatic heterocycles. The molecular weight excluding hydrogens is 364 g/mol. The molecule has 0 aliphatic carbocycles. The number of hydrogen-bond donors (Lipinski definition) is 2. The van der Waals surface area contributed by atoms with E-state index in [2.05, 4.69) is 10.6 Å². The van der Waals surface area contributed by atoms with Crippen molar-refractivity contribution in [1.29, 1.82) is 0 Å². The zero-order valence-corrected chi connectivity index (χ0v) is 16.3. The van der Waals surface area contributed by atoms with Crippen LogP contribution in [-0.2, 0) is 11.3 Å². The lowest BCUT2D eigenvalue weighted by atomic mass is 10.2. The Bertz CT molecular complexity index is 812. The number of rotatable bonds is 8. The van der Waals surface area contributed by atoms with Gasteiger partial charge in [0.2, 0.25) is 5.75 Å². The van der Waals surface area contributed by atoms with Gasteiger partial charge >= 0.3 is 12.0 Å². The summed E-state index contributed by atoms with van der Waals surface area (Å²) >= 11 is 0. The number of amides is 2. The normalized spacial score (nSPS) is 10.0. The number of ether oxygens (including phenoxy) is 4. The first kappa shape index (κ1) is 20.9. The number of carbonyl (C=O) groups is 2. The van der Waals surface area contributed by atoms with Gasteiger partial charge in [-0.2, -0.15) is 0 Å². The van der Waals surface area contributed by atoms with Gasteiger partial charge in [0.15, 0.2) is 11.5 Å². The molecule has 2 rings (SSSR count). The van der Waals surface area contributed by atoms with Crippen LogP contribution in [0.4, 0.5) is 10.5 Å². The third-order valence-corrected chi connectivity index (χ3v) is 3.81. The van der Waals surface area contributed by atoms with Gasteiger partial charge < -0.3 is 29.6 Å². The van der Waals surface area contributed by atoms with Crippen molar-refractivity contribution in [2.45, 2.75) is 13.5 Å². The van der Waals surface area contributed by atoms with E-state index in [1.54, 1.807) is 43.3 Å². The fourth-order valence-electron chi connectivity index (χ4n) is 2.53. The Morgan fingerprint density at radius 2 is 1.64 bits per heavy atom. The second kappa shape index (κ2) is 10.1. The van der Waals surface area contributed by atoms with E-state index in [0.717, 1.165) is 5.56 Å². The van der Waals surface area contributed by atoms with Crippen molar-refractivity contribution in [2.24, 2.45) is 0 Å². The van der Waals surface area contributed by atoms with Gasteiger partial charge in [-0.3, -0.25) is 0 Å². The average molecular weight is 388 g/mol. The third-order valence-electron chi connectivity index (χ3n) is 3.81. The summed E-state index contributed by atoms with van der Waals surface area (Å²) in [6.07, 6.45) is 0. The summed E-state index contributed by atoms with van der Waals surface area (Å²) in [4.78, 5) is 24.0. The highest BCUT2D eigenvalue weighted by molar-refractivity contribution is 5.93. The van der Waals surface area contributed by atoms with Crippen molar-refractivity contribution in [1.82, 2.24) is 5.32 Å². The maximum atomic E-state index is 12.2. The fourth-order valence-corrected chi connectivity index (χ4v) is 2.53. The number of methoxy groups -OCH3 is 3. The van der Waals surface area contributed by atoms with Crippen LogP contribution in [0.1, 0.15) is 22.8 Å². The summed E-state index contributed by atoms with van der Waals surface area (Å²) < 4.78 is 20.8. The molecular formula is C20H24N2O6. The number of benzene rings is 2. The van der Waals surface area contributed by atoms with E-state index >= 15 is 0 Å². The van der Waals surface area contributed by atoms with E-state index in [1.807, 2.05) is 0 Å². The Morgan fingerprint density at radius 1 is 0.964 bits per heavy atom. The number of hydrogen-bond acceptors (Lipinski definition) is 6. The molecule has 0 spiro atoms. The zero-order valence-electron chi connectivity index (χ0n) is 16.3. The van der Waals surface area contributed by atoms with Crippen LogP contribution < -0.4 is 24.8 Å². The zero-order chi connectivity index (χ0) is 20.5. The van der Waals surface area contributed by atoms with Crippen LogP contribution >= 0.6 is 0 Å². The van der Waals surface area contributed by atoms with E-state index in [4.69, 9.17) is 18.9 Å².